The average Bonchev–Trinajstić information content (AvgIpc) is 2.18. The molecule has 17 heavy (non-hydrogen) atoms. The second-order valence-electron chi connectivity index (χ2n) is 4.21. The van der Waals surface area contributed by atoms with Crippen LogP contribution in [0.25, 0.3) is 0 Å². The van der Waals surface area contributed by atoms with Crippen molar-refractivity contribution in [2.24, 2.45) is 0 Å². The molecule has 0 aromatic carbocycles. The predicted molar refractivity (Wildman–Crippen MR) is 62.2 cm³/mol. The van der Waals surface area contributed by atoms with Crippen molar-refractivity contribution in [3.8, 4) is 0 Å². The normalized spacial score (nSPS) is 10.9. The molecule has 0 aliphatic rings. The van der Waals surface area contributed by atoms with Crippen molar-refractivity contribution in [3.05, 3.63) is 23.1 Å². The highest BCUT2D eigenvalue weighted by Gasteiger charge is 2.16. The first-order chi connectivity index (χ1) is 7.79. The van der Waals surface area contributed by atoms with Crippen molar-refractivity contribution in [1.29, 1.82) is 0 Å². The zero-order chi connectivity index (χ0) is 13.1. The first kappa shape index (κ1) is 13.5. The number of nitrogens with one attached hydrogen (secondary N) is 2. The number of hydrazine groups is 1. The van der Waals surface area contributed by atoms with Crippen LogP contribution in [0.2, 0.25) is 5.02 Å². The van der Waals surface area contributed by atoms with Crippen LogP contribution >= 0.6 is 11.6 Å². The van der Waals surface area contributed by atoms with Crippen LogP contribution in [-0.2, 0) is 4.74 Å². The summed E-state index contributed by atoms with van der Waals surface area (Å²) < 4.78 is 18.3. The second-order valence-corrected chi connectivity index (χ2v) is 4.61. The fraction of sp³-hybridized carbons (Fsp3) is 0.400. The number of anilines is 1. The zero-order valence-electron chi connectivity index (χ0n) is 9.67. The van der Waals surface area contributed by atoms with Crippen molar-refractivity contribution in [1.82, 2.24) is 10.4 Å². The molecule has 0 aliphatic carbocycles. The van der Waals surface area contributed by atoms with E-state index in [2.05, 4.69) is 15.8 Å². The van der Waals surface area contributed by atoms with E-state index in [1.165, 1.54) is 12.3 Å². The monoisotopic (exact) mass is 261 g/mol. The van der Waals surface area contributed by atoms with Gasteiger partial charge in [0.15, 0.2) is 11.6 Å². The molecule has 0 bridgehead atoms. The van der Waals surface area contributed by atoms with Gasteiger partial charge in [-0.3, -0.25) is 5.43 Å². The summed E-state index contributed by atoms with van der Waals surface area (Å²) in [4.78, 5) is 14.9. The number of carbonyl (C=O) groups is 1. The maximum absolute atomic E-state index is 13.3. The standard InChI is InChI=1S/C10H13ClFN3O2/c1-10(2,3)17-9(16)15-14-8-7(12)6(11)4-5-13-8/h4-5H,1-3H3,(H,13,14)(H,15,16). The molecule has 0 unspecified atom stereocenters. The van der Waals surface area contributed by atoms with Gasteiger partial charge in [0.25, 0.3) is 0 Å². The summed E-state index contributed by atoms with van der Waals surface area (Å²) in [6.45, 7) is 5.14. The minimum Gasteiger partial charge on any atom is -0.443 e. The maximum atomic E-state index is 13.3. The predicted octanol–water partition coefficient (Wildman–Crippen LogP) is 2.73. The number of halogens is 2. The molecule has 1 aromatic heterocycles. The molecule has 1 heterocycles. The number of nitrogens with zero attached hydrogens (tertiary/aromatic N) is 1. The van der Waals surface area contributed by atoms with E-state index in [9.17, 15) is 9.18 Å². The molecular formula is C10H13ClFN3O2. The van der Waals surface area contributed by atoms with Gasteiger partial charge in [-0.15, -0.1) is 0 Å². The molecule has 2 N–H and O–H groups in total. The zero-order valence-corrected chi connectivity index (χ0v) is 10.4. The van der Waals surface area contributed by atoms with E-state index in [1.807, 2.05) is 0 Å². The SMILES string of the molecule is CC(C)(C)OC(=O)NNc1nccc(Cl)c1F. The van der Waals surface area contributed by atoms with Crippen LogP contribution in [0.4, 0.5) is 15.0 Å². The molecule has 0 saturated carbocycles. The van der Waals surface area contributed by atoms with Crippen molar-refractivity contribution < 1.29 is 13.9 Å². The Kier molecular flexibility index (Phi) is 4.11. The van der Waals surface area contributed by atoms with Crippen LogP contribution in [0.1, 0.15) is 20.8 Å². The van der Waals surface area contributed by atoms with Crippen LogP contribution < -0.4 is 10.9 Å². The lowest BCUT2D eigenvalue weighted by atomic mass is 10.2. The van der Waals surface area contributed by atoms with Crippen molar-refractivity contribution in [3.63, 3.8) is 0 Å². The maximum Gasteiger partial charge on any atom is 0.426 e. The fourth-order valence-corrected chi connectivity index (χ4v) is 1.07. The summed E-state index contributed by atoms with van der Waals surface area (Å²) in [6.07, 6.45) is 0.573. The number of amides is 1. The molecule has 0 atom stereocenters. The largest absolute Gasteiger partial charge is 0.443 e. The van der Waals surface area contributed by atoms with Gasteiger partial charge in [-0.05, 0) is 26.8 Å². The number of rotatable bonds is 2. The van der Waals surface area contributed by atoms with Gasteiger partial charge in [0.05, 0.1) is 5.02 Å². The Morgan fingerprint density at radius 1 is 1.53 bits per heavy atom. The van der Waals surface area contributed by atoms with Crippen LogP contribution in [0, 0.1) is 5.82 Å². The number of ether oxygens (including phenoxy) is 1. The third-order valence-corrected chi connectivity index (χ3v) is 1.82. The molecular weight excluding hydrogens is 249 g/mol. The van der Waals surface area contributed by atoms with Crippen molar-refractivity contribution in [2.75, 3.05) is 5.43 Å². The minimum atomic E-state index is -0.745. The van der Waals surface area contributed by atoms with Crippen LogP contribution in [-0.4, -0.2) is 16.7 Å². The smallest absolute Gasteiger partial charge is 0.426 e. The van der Waals surface area contributed by atoms with Crippen LogP contribution in [0.15, 0.2) is 12.3 Å². The van der Waals surface area contributed by atoms with E-state index in [-0.39, 0.29) is 10.8 Å². The van der Waals surface area contributed by atoms with E-state index in [4.69, 9.17) is 16.3 Å². The lowest BCUT2D eigenvalue weighted by Crippen LogP contribution is -2.36. The molecule has 0 spiro atoms. The van der Waals surface area contributed by atoms with Gasteiger partial charge >= 0.3 is 6.09 Å². The molecule has 1 rings (SSSR count). The number of hydrogen-bond donors (Lipinski definition) is 2. The Morgan fingerprint density at radius 3 is 2.76 bits per heavy atom. The van der Waals surface area contributed by atoms with Crippen molar-refractivity contribution >= 4 is 23.5 Å². The van der Waals surface area contributed by atoms with Gasteiger partial charge < -0.3 is 4.74 Å². The van der Waals surface area contributed by atoms with Gasteiger partial charge in [-0.25, -0.2) is 19.6 Å². The second kappa shape index (κ2) is 5.18. The van der Waals surface area contributed by atoms with Gasteiger partial charge in [0.1, 0.15) is 5.60 Å². The van der Waals surface area contributed by atoms with E-state index >= 15 is 0 Å². The summed E-state index contributed by atoms with van der Waals surface area (Å²) >= 11 is 5.54. The van der Waals surface area contributed by atoms with Gasteiger partial charge in [0, 0.05) is 6.20 Å². The Bertz CT molecular complexity index is 421. The summed E-state index contributed by atoms with van der Waals surface area (Å²) in [7, 11) is 0. The van der Waals surface area contributed by atoms with Gasteiger partial charge in [0.2, 0.25) is 0 Å². The lowest BCUT2D eigenvalue weighted by molar-refractivity contribution is 0.0540. The molecule has 1 amide bonds. The number of carbonyl (C=O) groups excluding carboxylic acids is 1. The van der Waals surface area contributed by atoms with Crippen LogP contribution in [0.3, 0.4) is 0 Å². The third-order valence-electron chi connectivity index (χ3n) is 1.52. The topological polar surface area (TPSA) is 63.2 Å². The van der Waals surface area contributed by atoms with E-state index in [0.29, 0.717) is 0 Å². The Morgan fingerprint density at radius 2 is 2.18 bits per heavy atom. The van der Waals surface area contributed by atoms with Gasteiger partial charge in [-0.1, -0.05) is 11.6 Å². The Labute approximate surface area is 103 Å². The molecule has 0 fully saturated rings. The highest BCUT2D eigenvalue weighted by atomic mass is 35.5. The summed E-state index contributed by atoms with van der Waals surface area (Å²) in [5.41, 5.74) is 3.80. The third kappa shape index (κ3) is 4.44. The number of hydrogen-bond acceptors (Lipinski definition) is 4. The molecule has 0 aliphatic heterocycles. The molecule has 1 aromatic rings. The highest BCUT2D eigenvalue weighted by molar-refractivity contribution is 6.30. The fourth-order valence-electron chi connectivity index (χ4n) is 0.921. The molecule has 94 valence electrons. The van der Waals surface area contributed by atoms with Gasteiger partial charge in [-0.2, -0.15) is 0 Å². The molecule has 5 nitrogen and oxygen atoms in total. The van der Waals surface area contributed by atoms with Crippen LogP contribution in [0.5, 0.6) is 0 Å². The molecule has 7 heteroatoms. The van der Waals surface area contributed by atoms with E-state index in [1.54, 1.807) is 20.8 Å². The molecule has 0 saturated heterocycles. The van der Waals surface area contributed by atoms with E-state index in [0.717, 1.165) is 0 Å². The average molecular weight is 262 g/mol. The summed E-state index contributed by atoms with van der Waals surface area (Å²) in [5, 5.41) is -0.0894. The first-order valence-electron chi connectivity index (χ1n) is 4.84. The summed E-state index contributed by atoms with van der Waals surface area (Å²) in [5.74, 6) is -0.923. The first-order valence-corrected chi connectivity index (χ1v) is 5.22. The lowest BCUT2D eigenvalue weighted by Gasteiger charge is -2.19. The Balaban J connectivity index is 2.56. The summed E-state index contributed by atoms with van der Waals surface area (Å²) in [6, 6.07) is 1.30. The van der Waals surface area contributed by atoms with Crippen molar-refractivity contribution in [2.45, 2.75) is 26.4 Å². The van der Waals surface area contributed by atoms with E-state index < -0.39 is 17.5 Å². The molecule has 0 radical (unpaired) electrons. The number of pyridine rings is 1. The highest BCUT2D eigenvalue weighted by Crippen LogP contribution is 2.18. The quantitative estimate of drug-likeness (QED) is 0.804. The Hall–Kier alpha value is -1.56. The number of aromatic nitrogens is 1. The minimum absolute atomic E-state index is 0.0894.